The molecule has 8 heteroatoms. The first-order chi connectivity index (χ1) is 13.1. The Hall–Kier alpha value is -3.52. The standard InChI is InChI=1S/C19H16N4O4/c1-22-17(25)14-4-2-3-5-15(14)23-16(20-21-19(22)23)11-27-18(26)13-8-6-12(10-24)7-9-13/h2-9,24H,10-11H2,1H3. The summed E-state index contributed by atoms with van der Waals surface area (Å²) in [5, 5.41) is 17.7. The molecule has 0 saturated heterocycles. The van der Waals surface area contributed by atoms with E-state index in [0.29, 0.717) is 33.6 Å². The Morgan fingerprint density at radius 3 is 2.59 bits per heavy atom. The van der Waals surface area contributed by atoms with E-state index in [-0.39, 0.29) is 18.8 Å². The number of carbonyl (C=O) groups excluding carboxylic acids is 1. The van der Waals surface area contributed by atoms with Crippen LogP contribution in [0.3, 0.4) is 0 Å². The van der Waals surface area contributed by atoms with Gasteiger partial charge in [0.15, 0.2) is 12.4 Å². The molecule has 27 heavy (non-hydrogen) atoms. The highest BCUT2D eigenvalue weighted by Crippen LogP contribution is 2.15. The van der Waals surface area contributed by atoms with Crippen LogP contribution in [-0.4, -0.2) is 30.2 Å². The lowest BCUT2D eigenvalue weighted by molar-refractivity contribution is 0.0461. The molecule has 0 atom stereocenters. The van der Waals surface area contributed by atoms with Gasteiger partial charge in [-0.05, 0) is 29.8 Å². The third kappa shape index (κ3) is 2.85. The fourth-order valence-electron chi connectivity index (χ4n) is 2.95. The lowest BCUT2D eigenvalue weighted by Crippen LogP contribution is -2.20. The molecule has 0 aliphatic carbocycles. The average Bonchev–Trinajstić information content (AvgIpc) is 3.14. The molecule has 0 aliphatic rings. The number of hydrogen-bond acceptors (Lipinski definition) is 6. The van der Waals surface area contributed by atoms with Gasteiger partial charge < -0.3 is 9.84 Å². The Kier molecular flexibility index (Phi) is 4.17. The van der Waals surface area contributed by atoms with Gasteiger partial charge in [-0.25, -0.2) is 4.79 Å². The third-order valence-electron chi connectivity index (χ3n) is 4.40. The van der Waals surface area contributed by atoms with Crippen LogP contribution >= 0.6 is 0 Å². The van der Waals surface area contributed by atoms with Gasteiger partial charge in [0.25, 0.3) is 5.56 Å². The number of aliphatic hydroxyl groups is 1. The number of benzene rings is 2. The summed E-state index contributed by atoms with van der Waals surface area (Å²) in [5.41, 5.74) is 1.57. The first kappa shape index (κ1) is 16.9. The fraction of sp³-hybridized carbons (Fsp3) is 0.158. The Balaban J connectivity index is 1.68. The topological polar surface area (TPSA) is 98.7 Å². The molecule has 8 nitrogen and oxygen atoms in total. The number of aliphatic hydroxyl groups excluding tert-OH is 1. The van der Waals surface area contributed by atoms with Gasteiger partial charge in [-0.1, -0.05) is 24.3 Å². The van der Waals surface area contributed by atoms with E-state index in [2.05, 4.69) is 10.2 Å². The van der Waals surface area contributed by atoms with Crippen molar-refractivity contribution >= 4 is 22.6 Å². The number of aromatic nitrogens is 4. The van der Waals surface area contributed by atoms with Gasteiger partial charge in [0.1, 0.15) is 0 Å². The molecule has 4 rings (SSSR count). The second-order valence-corrected chi connectivity index (χ2v) is 6.06. The van der Waals surface area contributed by atoms with Gasteiger partial charge in [0.05, 0.1) is 23.1 Å². The lowest BCUT2D eigenvalue weighted by Gasteiger charge is -2.08. The third-order valence-corrected chi connectivity index (χ3v) is 4.40. The molecule has 0 fully saturated rings. The van der Waals surface area contributed by atoms with E-state index < -0.39 is 5.97 Å². The van der Waals surface area contributed by atoms with Crippen molar-refractivity contribution in [1.82, 2.24) is 19.2 Å². The fourth-order valence-corrected chi connectivity index (χ4v) is 2.95. The monoisotopic (exact) mass is 364 g/mol. The Labute approximate surface area is 153 Å². The summed E-state index contributed by atoms with van der Waals surface area (Å²) in [5.74, 6) is 0.277. The maximum Gasteiger partial charge on any atom is 0.338 e. The van der Waals surface area contributed by atoms with Gasteiger partial charge in [-0.15, -0.1) is 10.2 Å². The van der Waals surface area contributed by atoms with Crippen LogP contribution in [0, 0.1) is 0 Å². The second kappa shape index (κ2) is 6.65. The van der Waals surface area contributed by atoms with Crippen molar-refractivity contribution in [3.05, 3.63) is 75.8 Å². The molecule has 136 valence electrons. The van der Waals surface area contributed by atoms with Crippen LogP contribution in [-0.2, 0) is 25.0 Å². The molecule has 4 aromatic rings. The van der Waals surface area contributed by atoms with Crippen molar-refractivity contribution < 1.29 is 14.6 Å². The van der Waals surface area contributed by atoms with Crippen molar-refractivity contribution in [3.63, 3.8) is 0 Å². The first-order valence-electron chi connectivity index (χ1n) is 8.29. The Bertz CT molecular complexity index is 1210. The van der Waals surface area contributed by atoms with E-state index >= 15 is 0 Å². The Morgan fingerprint density at radius 2 is 1.85 bits per heavy atom. The minimum atomic E-state index is -0.509. The number of rotatable bonds is 4. The summed E-state index contributed by atoms with van der Waals surface area (Å²) in [6, 6.07) is 13.6. The average molecular weight is 364 g/mol. The highest BCUT2D eigenvalue weighted by atomic mass is 16.5. The zero-order chi connectivity index (χ0) is 19.0. The van der Waals surface area contributed by atoms with Gasteiger partial charge in [0, 0.05) is 7.05 Å². The molecular weight excluding hydrogens is 348 g/mol. The highest BCUT2D eigenvalue weighted by Gasteiger charge is 2.16. The van der Waals surface area contributed by atoms with Gasteiger partial charge in [-0.2, -0.15) is 0 Å². The van der Waals surface area contributed by atoms with Crippen LogP contribution in [0.5, 0.6) is 0 Å². The zero-order valence-corrected chi connectivity index (χ0v) is 14.5. The number of fused-ring (bicyclic) bond motifs is 3. The molecule has 1 N–H and O–H groups in total. The predicted molar refractivity (Wildman–Crippen MR) is 97.2 cm³/mol. The van der Waals surface area contributed by atoms with Crippen LogP contribution in [0.1, 0.15) is 21.7 Å². The first-order valence-corrected chi connectivity index (χ1v) is 8.29. The van der Waals surface area contributed by atoms with Crippen molar-refractivity contribution in [2.75, 3.05) is 0 Å². The number of ether oxygens (including phenoxy) is 1. The molecular formula is C19H16N4O4. The summed E-state index contributed by atoms with van der Waals surface area (Å²) in [6.07, 6.45) is 0. The molecule has 0 amide bonds. The largest absolute Gasteiger partial charge is 0.454 e. The molecule has 0 radical (unpaired) electrons. The number of nitrogens with zero attached hydrogens (tertiary/aromatic N) is 4. The molecule has 0 aliphatic heterocycles. The second-order valence-electron chi connectivity index (χ2n) is 6.06. The summed E-state index contributed by atoms with van der Waals surface area (Å²) in [6.45, 7) is -0.184. The van der Waals surface area contributed by atoms with E-state index in [1.165, 1.54) is 4.57 Å². The number of para-hydroxylation sites is 1. The summed E-state index contributed by atoms with van der Waals surface area (Å²) < 4.78 is 8.48. The molecule has 2 heterocycles. The number of hydrogen-bond donors (Lipinski definition) is 1. The van der Waals surface area contributed by atoms with E-state index in [4.69, 9.17) is 9.84 Å². The van der Waals surface area contributed by atoms with Gasteiger partial charge in [-0.3, -0.25) is 13.8 Å². The van der Waals surface area contributed by atoms with E-state index in [0.717, 1.165) is 0 Å². The number of carbonyl (C=O) groups is 1. The highest BCUT2D eigenvalue weighted by molar-refractivity contribution is 5.89. The molecule has 0 bridgehead atoms. The SMILES string of the molecule is Cn1c(=O)c2ccccc2n2c(COC(=O)c3ccc(CO)cc3)nnc12. The van der Waals surface area contributed by atoms with Crippen LogP contribution in [0.15, 0.2) is 53.3 Å². The van der Waals surface area contributed by atoms with Crippen molar-refractivity contribution in [3.8, 4) is 0 Å². The van der Waals surface area contributed by atoms with Crippen molar-refractivity contribution in [1.29, 1.82) is 0 Å². The maximum atomic E-state index is 12.4. The summed E-state index contributed by atoms with van der Waals surface area (Å²) in [7, 11) is 1.62. The van der Waals surface area contributed by atoms with E-state index in [1.54, 1.807) is 53.9 Å². The van der Waals surface area contributed by atoms with Crippen LogP contribution in [0.2, 0.25) is 0 Å². The van der Waals surface area contributed by atoms with Gasteiger partial charge in [0.2, 0.25) is 5.78 Å². The number of esters is 1. The molecule has 2 aromatic heterocycles. The summed E-state index contributed by atoms with van der Waals surface area (Å²) in [4.78, 5) is 24.7. The molecule has 0 unspecified atom stereocenters. The molecule has 0 spiro atoms. The van der Waals surface area contributed by atoms with E-state index in [9.17, 15) is 9.59 Å². The van der Waals surface area contributed by atoms with Crippen LogP contribution in [0.4, 0.5) is 0 Å². The van der Waals surface area contributed by atoms with Crippen molar-refractivity contribution in [2.24, 2.45) is 7.05 Å². The smallest absolute Gasteiger partial charge is 0.338 e. The summed E-state index contributed by atoms with van der Waals surface area (Å²) >= 11 is 0. The molecule has 2 aromatic carbocycles. The minimum absolute atomic E-state index is 0.0904. The van der Waals surface area contributed by atoms with Gasteiger partial charge >= 0.3 is 5.97 Å². The zero-order valence-electron chi connectivity index (χ0n) is 14.5. The van der Waals surface area contributed by atoms with Crippen LogP contribution in [0.25, 0.3) is 16.7 Å². The minimum Gasteiger partial charge on any atom is -0.454 e. The number of aryl methyl sites for hydroxylation is 1. The lowest BCUT2D eigenvalue weighted by atomic mass is 10.1. The van der Waals surface area contributed by atoms with Crippen LogP contribution < -0.4 is 5.56 Å². The maximum absolute atomic E-state index is 12.4. The predicted octanol–water partition coefficient (Wildman–Crippen LogP) is 1.43. The quantitative estimate of drug-likeness (QED) is 0.550. The van der Waals surface area contributed by atoms with E-state index in [1.807, 2.05) is 6.07 Å². The van der Waals surface area contributed by atoms with Crippen molar-refractivity contribution in [2.45, 2.75) is 13.2 Å². The Morgan fingerprint density at radius 1 is 1.11 bits per heavy atom. The normalized spacial score (nSPS) is 11.2. The molecule has 0 saturated carbocycles.